The maximum absolute atomic E-state index is 5.95. The molecule has 0 saturated carbocycles. The first-order chi connectivity index (χ1) is 14.2. The van der Waals surface area contributed by atoms with Crippen LogP contribution in [-0.2, 0) is 0 Å². The predicted octanol–water partition coefficient (Wildman–Crippen LogP) is -0.163. The molecular weight excluding hydrogens is 372 g/mol. The van der Waals surface area contributed by atoms with Crippen molar-refractivity contribution in [2.45, 2.75) is 10.5 Å². The normalized spacial score (nSPS) is 14.5. The Hall–Kier alpha value is -2.94. The molecule has 3 aromatic heterocycles. The zero-order valence-corrected chi connectivity index (χ0v) is 15.9. The first-order valence-electron chi connectivity index (χ1n) is 8.90. The van der Waals surface area contributed by atoms with Crippen molar-refractivity contribution in [3.8, 4) is 22.8 Å². The molecule has 0 bridgehead atoms. The van der Waals surface area contributed by atoms with Crippen LogP contribution < -0.4 is 10.7 Å². The summed E-state index contributed by atoms with van der Waals surface area (Å²) in [6.07, 6.45) is 4.71. The second kappa shape index (κ2) is 7.72. The fourth-order valence-electron chi connectivity index (χ4n) is 2.71. The van der Waals surface area contributed by atoms with E-state index in [9.17, 15) is 0 Å². The molecule has 1 aliphatic heterocycles. The second-order valence-electron chi connectivity index (χ2n) is 6.80. The van der Waals surface area contributed by atoms with Gasteiger partial charge in [0.1, 0.15) is 12.0 Å². The Kier molecular flexibility index (Phi) is 5.23. The van der Waals surface area contributed by atoms with Crippen LogP contribution in [0.4, 0.5) is 5.95 Å². The number of anilines is 1. The van der Waals surface area contributed by atoms with E-state index in [4.69, 9.17) is 43.8 Å². The molecule has 2 N–H and O–H groups in total. The van der Waals surface area contributed by atoms with E-state index in [1.54, 1.807) is 24.5 Å². The predicted molar refractivity (Wildman–Crippen MR) is 117 cm³/mol. The molecule has 0 unspecified atom stereocenters. The van der Waals surface area contributed by atoms with Crippen LogP contribution >= 0.6 is 0 Å². The quantitative estimate of drug-likeness (QED) is 0.567. The molecule has 0 saturated heterocycles. The van der Waals surface area contributed by atoms with Gasteiger partial charge in [-0.1, -0.05) is 11.2 Å². The van der Waals surface area contributed by atoms with Crippen molar-refractivity contribution < 1.29 is 4.52 Å². The minimum atomic E-state index is -1.84. The maximum atomic E-state index is 5.95. The number of nitrogens with one attached hydrogen (secondary N) is 2. The largest absolute Gasteiger partial charge is 0.364 e. The molecule has 136 valence electrons. The van der Waals surface area contributed by atoms with Gasteiger partial charge >= 0.3 is 0 Å². The molecule has 30 heavy (non-hydrogen) atoms. The van der Waals surface area contributed by atoms with E-state index in [1.807, 2.05) is 18.2 Å². The van der Waals surface area contributed by atoms with E-state index < -0.39 is 10.5 Å². The van der Waals surface area contributed by atoms with Crippen LogP contribution in [0.15, 0.2) is 59.2 Å². The van der Waals surface area contributed by atoms with Crippen LogP contribution in [0, 0.1) is 0 Å². The smallest absolute Gasteiger partial charge is 0.227 e. The van der Waals surface area contributed by atoms with Crippen LogP contribution in [-0.4, -0.2) is 76.2 Å². The average molecular weight is 384 g/mol. The van der Waals surface area contributed by atoms with Gasteiger partial charge in [-0.25, -0.2) is 20.4 Å². The summed E-state index contributed by atoms with van der Waals surface area (Å²) in [5, 5.41) is 4.75. The molecule has 0 aliphatic carbocycles. The Morgan fingerprint density at radius 3 is 2.40 bits per heavy atom. The van der Waals surface area contributed by atoms with E-state index >= 15 is 0 Å². The van der Waals surface area contributed by atoms with Crippen molar-refractivity contribution in [1.29, 1.82) is 0 Å². The van der Waals surface area contributed by atoms with E-state index in [0.29, 0.717) is 41.0 Å². The summed E-state index contributed by atoms with van der Waals surface area (Å²) in [5.74, 6) is 0.357. The van der Waals surface area contributed by atoms with E-state index in [0.717, 1.165) is 0 Å². The number of hydrazine groups is 1. The molecule has 4 rings (SSSR count). The summed E-state index contributed by atoms with van der Waals surface area (Å²) in [4.78, 5) is 13.3. The van der Waals surface area contributed by atoms with E-state index in [-0.39, 0.29) is 0 Å². The zero-order chi connectivity index (χ0) is 21.4. The Balaban J connectivity index is 1.54. The SMILES string of the molecule is [B]C([B])([B])C([B])([B])N1C=C(Nc2nccc(-c3cccc(-c4ccon4)n3)n2)CN1. The minimum Gasteiger partial charge on any atom is -0.364 e. The fraction of sp³-hybridized carbons (Fsp3) is 0.176. The van der Waals surface area contributed by atoms with Crippen LogP contribution in [0.1, 0.15) is 0 Å². The first-order valence-corrected chi connectivity index (χ1v) is 8.90. The van der Waals surface area contributed by atoms with Crippen LogP contribution in [0.2, 0.25) is 5.11 Å². The molecule has 10 radical (unpaired) electrons. The molecule has 0 aromatic carbocycles. The summed E-state index contributed by atoms with van der Waals surface area (Å²) >= 11 is 0. The summed E-state index contributed by atoms with van der Waals surface area (Å²) in [6, 6.07) is 9.03. The van der Waals surface area contributed by atoms with Gasteiger partial charge in [-0.15, -0.1) is 5.11 Å². The lowest BCUT2D eigenvalue weighted by atomic mass is 9.26. The third-order valence-corrected chi connectivity index (χ3v) is 4.46. The highest BCUT2D eigenvalue weighted by atomic mass is 16.5. The molecule has 0 amide bonds. The van der Waals surface area contributed by atoms with Gasteiger partial charge in [0.2, 0.25) is 5.95 Å². The highest BCUT2D eigenvalue weighted by Crippen LogP contribution is 2.29. The van der Waals surface area contributed by atoms with Gasteiger partial charge in [0.05, 0.1) is 68.6 Å². The fourth-order valence-corrected chi connectivity index (χ4v) is 2.71. The first kappa shape index (κ1) is 20.3. The van der Waals surface area contributed by atoms with Gasteiger partial charge in [0, 0.05) is 18.5 Å². The molecular formula is C17H12B5N7O. The Morgan fingerprint density at radius 2 is 1.70 bits per heavy atom. The van der Waals surface area contributed by atoms with Crippen LogP contribution in [0.5, 0.6) is 0 Å². The van der Waals surface area contributed by atoms with Gasteiger partial charge in [0.15, 0.2) is 0 Å². The van der Waals surface area contributed by atoms with Gasteiger partial charge in [-0.05, 0) is 23.5 Å². The number of rotatable bonds is 6. The molecule has 0 atom stereocenters. The highest BCUT2D eigenvalue weighted by molar-refractivity contribution is 6.67. The van der Waals surface area contributed by atoms with Crippen molar-refractivity contribution in [3.05, 3.63) is 54.7 Å². The molecule has 0 fully saturated rings. The number of hydrogen-bond acceptors (Lipinski definition) is 8. The second-order valence-corrected chi connectivity index (χ2v) is 6.80. The molecule has 4 heterocycles. The zero-order valence-electron chi connectivity index (χ0n) is 15.9. The van der Waals surface area contributed by atoms with E-state index in [1.165, 1.54) is 11.3 Å². The molecule has 1 aliphatic rings. The number of hydrogen-bond donors (Lipinski definition) is 2. The standard InChI is InChI=1S/C17H12B5N7O/c18-16(19,20)17(21,22)29-9-10(8-24-29)25-15-23-6-4-13(27-15)11-2-1-3-12(26-11)14-5-7-30-28-14/h1-7,9,24H,8H2,(H,23,25,27). The van der Waals surface area contributed by atoms with Crippen molar-refractivity contribution >= 4 is 45.2 Å². The summed E-state index contributed by atoms with van der Waals surface area (Å²) < 4.78 is 4.88. The lowest BCUT2D eigenvalue weighted by Gasteiger charge is -2.48. The Morgan fingerprint density at radius 1 is 0.967 bits per heavy atom. The van der Waals surface area contributed by atoms with Crippen molar-refractivity contribution in [1.82, 2.24) is 30.5 Å². The topological polar surface area (TPSA) is 92.0 Å². The van der Waals surface area contributed by atoms with Gasteiger partial charge in [-0.2, -0.15) is 0 Å². The van der Waals surface area contributed by atoms with Gasteiger partial charge in [0.25, 0.3) is 0 Å². The number of aromatic nitrogens is 4. The van der Waals surface area contributed by atoms with E-state index in [2.05, 4.69) is 30.9 Å². The van der Waals surface area contributed by atoms with Crippen LogP contribution in [0.3, 0.4) is 0 Å². The maximum Gasteiger partial charge on any atom is 0.227 e. The third kappa shape index (κ3) is 4.02. The van der Waals surface area contributed by atoms with Gasteiger partial charge in [-0.3, -0.25) is 0 Å². The number of pyridine rings is 1. The molecule has 8 nitrogen and oxygen atoms in total. The lowest BCUT2D eigenvalue weighted by Crippen LogP contribution is -2.60. The summed E-state index contributed by atoms with van der Waals surface area (Å²) in [7, 11) is 28.9. The average Bonchev–Trinajstić information content (AvgIpc) is 3.40. The molecule has 13 heteroatoms. The van der Waals surface area contributed by atoms with Crippen molar-refractivity contribution in [2.75, 3.05) is 11.9 Å². The minimum absolute atomic E-state index is 0.357. The Bertz CT molecular complexity index is 1070. The highest BCUT2D eigenvalue weighted by Gasteiger charge is 2.36. The summed E-state index contributed by atoms with van der Waals surface area (Å²) in [5.41, 5.74) is 6.21. The third-order valence-electron chi connectivity index (χ3n) is 4.46. The van der Waals surface area contributed by atoms with Crippen molar-refractivity contribution in [2.24, 2.45) is 0 Å². The molecule has 0 spiro atoms. The monoisotopic (exact) mass is 385 g/mol. The summed E-state index contributed by atoms with van der Waals surface area (Å²) in [6.45, 7) is 0.361. The van der Waals surface area contributed by atoms with Gasteiger partial charge < -0.3 is 14.8 Å². The molecule has 3 aromatic rings. The van der Waals surface area contributed by atoms with Crippen molar-refractivity contribution in [3.63, 3.8) is 0 Å². The van der Waals surface area contributed by atoms with Crippen LogP contribution in [0.25, 0.3) is 22.8 Å². The number of nitrogens with zero attached hydrogens (tertiary/aromatic N) is 5. The lowest BCUT2D eigenvalue weighted by molar-refractivity contribution is 0.249. The Labute approximate surface area is 180 Å².